The van der Waals surface area contributed by atoms with E-state index < -0.39 is 17.7 Å². The highest BCUT2D eigenvalue weighted by Gasteiger charge is 2.10. The average molecular weight is 241 g/mol. The molecule has 0 radical (unpaired) electrons. The van der Waals surface area contributed by atoms with Crippen LogP contribution in [-0.2, 0) is 0 Å². The first kappa shape index (κ1) is 11.2. The van der Waals surface area contributed by atoms with Crippen molar-refractivity contribution < 1.29 is 13.9 Å². The number of thiazole rings is 1. The fourth-order valence-corrected chi connectivity index (χ4v) is 2.04. The quantitative estimate of drug-likeness (QED) is 0.876. The lowest BCUT2D eigenvalue weighted by Crippen LogP contribution is -1.90. The van der Waals surface area contributed by atoms with E-state index in [-0.39, 0.29) is 0 Å². The molecule has 2 aromatic rings. The summed E-state index contributed by atoms with van der Waals surface area (Å²) in [5, 5.41) is 11.6. The first-order valence-corrected chi connectivity index (χ1v) is 5.55. The van der Waals surface area contributed by atoms with Crippen molar-refractivity contribution >= 4 is 11.3 Å². The first-order chi connectivity index (χ1) is 7.58. The maximum Gasteiger partial charge on any atom is 0.159 e. The molecule has 0 aliphatic carbocycles. The molecule has 0 amide bonds. The summed E-state index contributed by atoms with van der Waals surface area (Å²) in [6.07, 6.45) is -0.649. The van der Waals surface area contributed by atoms with Crippen LogP contribution in [0.3, 0.4) is 0 Å². The number of benzene rings is 1. The Labute approximate surface area is 95.2 Å². The van der Waals surface area contributed by atoms with E-state index in [1.807, 2.05) is 0 Å². The van der Waals surface area contributed by atoms with Crippen LogP contribution < -0.4 is 0 Å². The van der Waals surface area contributed by atoms with Crippen molar-refractivity contribution in [3.63, 3.8) is 0 Å². The van der Waals surface area contributed by atoms with Crippen LogP contribution in [0.4, 0.5) is 8.78 Å². The van der Waals surface area contributed by atoms with Crippen LogP contribution in [0.5, 0.6) is 0 Å². The predicted molar refractivity (Wildman–Crippen MR) is 58.1 cm³/mol. The van der Waals surface area contributed by atoms with Gasteiger partial charge >= 0.3 is 0 Å². The molecule has 0 aliphatic rings. The maximum absolute atomic E-state index is 13.0. The first-order valence-electron chi connectivity index (χ1n) is 4.67. The van der Waals surface area contributed by atoms with Crippen molar-refractivity contribution in [1.82, 2.24) is 4.98 Å². The van der Waals surface area contributed by atoms with E-state index in [0.717, 1.165) is 12.1 Å². The summed E-state index contributed by atoms with van der Waals surface area (Å²) in [7, 11) is 0. The molecule has 0 saturated carbocycles. The summed E-state index contributed by atoms with van der Waals surface area (Å²) in [6, 6.07) is 3.61. The van der Waals surface area contributed by atoms with Gasteiger partial charge in [-0.25, -0.2) is 13.8 Å². The van der Waals surface area contributed by atoms with Crippen LogP contribution in [0.15, 0.2) is 23.6 Å². The lowest BCUT2D eigenvalue weighted by molar-refractivity contribution is 0.199. The molecule has 1 aromatic heterocycles. The van der Waals surface area contributed by atoms with Gasteiger partial charge in [0.1, 0.15) is 11.1 Å². The summed E-state index contributed by atoms with van der Waals surface area (Å²) >= 11 is 1.29. The summed E-state index contributed by atoms with van der Waals surface area (Å²) in [5.41, 5.74) is 1.04. The van der Waals surface area contributed by atoms with Crippen LogP contribution >= 0.6 is 11.3 Å². The Hall–Kier alpha value is -1.33. The van der Waals surface area contributed by atoms with Gasteiger partial charge < -0.3 is 5.11 Å². The largest absolute Gasteiger partial charge is 0.386 e. The van der Waals surface area contributed by atoms with Crippen molar-refractivity contribution in [3.8, 4) is 11.3 Å². The molecule has 2 nitrogen and oxygen atoms in total. The Kier molecular flexibility index (Phi) is 2.98. The number of hydrogen-bond donors (Lipinski definition) is 1. The molecule has 1 N–H and O–H groups in total. The lowest BCUT2D eigenvalue weighted by atomic mass is 10.1. The number of aliphatic hydroxyl groups excluding tert-OH is 1. The highest BCUT2D eigenvalue weighted by Crippen LogP contribution is 2.26. The Morgan fingerprint density at radius 1 is 1.31 bits per heavy atom. The minimum absolute atomic E-state index is 0.502. The Morgan fingerprint density at radius 3 is 2.62 bits per heavy atom. The van der Waals surface area contributed by atoms with Crippen molar-refractivity contribution in [1.29, 1.82) is 0 Å². The van der Waals surface area contributed by atoms with Gasteiger partial charge in [-0.2, -0.15) is 0 Å². The predicted octanol–water partition coefficient (Wildman–Crippen LogP) is 3.14. The van der Waals surface area contributed by atoms with E-state index in [2.05, 4.69) is 4.98 Å². The molecule has 1 unspecified atom stereocenters. The molecule has 0 saturated heterocycles. The van der Waals surface area contributed by atoms with Crippen LogP contribution in [-0.4, -0.2) is 10.1 Å². The number of aliphatic hydroxyl groups is 1. The number of hydrogen-bond acceptors (Lipinski definition) is 3. The third-order valence-corrected chi connectivity index (χ3v) is 3.11. The molecule has 5 heteroatoms. The molecule has 2 rings (SSSR count). The second-order valence-corrected chi connectivity index (χ2v) is 4.27. The van der Waals surface area contributed by atoms with Crippen molar-refractivity contribution in [2.24, 2.45) is 0 Å². The van der Waals surface area contributed by atoms with Gasteiger partial charge in [-0.05, 0) is 25.1 Å². The van der Waals surface area contributed by atoms with Crippen molar-refractivity contribution in [3.05, 3.63) is 40.2 Å². The van der Waals surface area contributed by atoms with Crippen LogP contribution in [0, 0.1) is 11.6 Å². The summed E-state index contributed by atoms with van der Waals surface area (Å²) in [4.78, 5) is 4.13. The Bertz CT molecular complexity index is 510. The van der Waals surface area contributed by atoms with Gasteiger partial charge in [0, 0.05) is 10.9 Å². The van der Waals surface area contributed by atoms with Crippen LogP contribution in [0.2, 0.25) is 0 Å². The van der Waals surface area contributed by atoms with Gasteiger partial charge in [0.2, 0.25) is 0 Å². The molecule has 16 heavy (non-hydrogen) atoms. The molecule has 0 fully saturated rings. The second kappa shape index (κ2) is 4.27. The number of aromatic nitrogens is 1. The van der Waals surface area contributed by atoms with Gasteiger partial charge in [0.15, 0.2) is 11.6 Å². The van der Waals surface area contributed by atoms with Crippen molar-refractivity contribution in [2.75, 3.05) is 0 Å². The zero-order valence-electron chi connectivity index (χ0n) is 8.45. The molecular weight excluding hydrogens is 232 g/mol. The lowest BCUT2D eigenvalue weighted by Gasteiger charge is -1.99. The second-order valence-electron chi connectivity index (χ2n) is 3.38. The van der Waals surface area contributed by atoms with E-state index in [9.17, 15) is 13.9 Å². The van der Waals surface area contributed by atoms with Gasteiger partial charge in [0.05, 0.1) is 5.69 Å². The molecule has 0 aliphatic heterocycles. The highest BCUT2D eigenvalue weighted by atomic mass is 32.1. The normalized spacial score (nSPS) is 12.8. The van der Waals surface area contributed by atoms with Crippen LogP contribution in [0.25, 0.3) is 11.3 Å². The van der Waals surface area contributed by atoms with E-state index in [4.69, 9.17) is 0 Å². The van der Waals surface area contributed by atoms with Gasteiger partial charge in [-0.3, -0.25) is 0 Å². The minimum Gasteiger partial charge on any atom is -0.386 e. The van der Waals surface area contributed by atoms with E-state index >= 15 is 0 Å². The van der Waals surface area contributed by atoms with Gasteiger partial charge in [0.25, 0.3) is 0 Å². The summed E-state index contributed by atoms with van der Waals surface area (Å²) < 4.78 is 25.7. The minimum atomic E-state index is -0.899. The molecule has 1 heterocycles. The number of nitrogens with zero attached hydrogens (tertiary/aromatic N) is 1. The summed E-state index contributed by atoms with van der Waals surface area (Å²) in [5.74, 6) is -1.78. The fourth-order valence-electron chi connectivity index (χ4n) is 1.27. The third kappa shape index (κ3) is 2.10. The zero-order chi connectivity index (χ0) is 11.7. The monoisotopic (exact) mass is 241 g/mol. The van der Waals surface area contributed by atoms with Crippen LogP contribution in [0.1, 0.15) is 18.0 Å². The standard InChI is InChI=1S/C11H9F2NOS/c1-6(15)11-14-10(5-16-11)7-2-3-8(12)9(13)4-7/h2-6,15H,1H3. The van der Waals surface area contributed by atoms with E-state index in [1.165, 1.54) is 17.4 Å². The Balaban J connectivity index is 2.39. The Morgan fingerprint density at radius 2 is 2.06 bits per heavy atom. The topological polar surface area (TPSA) is 33.1 Å². The third-order valence-electron chi connectivity index (χ3n) is 2.09. The number of halogens is 2. The number of rotatable bonds is 2. The highest BCUT2D eigenvalue weighted by molar-refractivity contribution is 7.10. The van der Waals surface area contributed by atoms with E-state index in [1.54, 1.807) is 12.3 Å². The molecular formula is C11H9F2NOS. The molecule has 84 valence electrons. The van der Waals surface area contributed by atoms with Crippen molar-refractivity contribution in [2.45, 2.75) is 13.0 Å². The molecule has 1 atom stereocenters. The SMILES string of the molecule is CC(O)c1nc(-c2ccc(F)c(F)c2)cs1. The summed E-state index contributed by atoms with van der Waals surface area (Å²) in [6.45, 7) is 1.61. The molecule has 0 spiro atoms. The van der Waals surface area contributed by atoms with Gasteiger partial charge in [-0.15, -0.1) is 11.3 Å². The maximum atomic E-state index is 13.0. The fraction of sp³-hybridized carbons (Fsp3) is 0.182. The molecule has 0 bridgehead atoms. The zero-order valence-corrected chi connectivity index (χ0v) is 9.26. The average Bonchev–Trinajstić information content (AvgIpc) is 2.71. The molecule has 1 aromatic carbocycles. The smallest absolute Gasteiger partial charge is 0.159 e. The van der Waals surface area contributed by atoms with Gasteiger partial charge in [-0.1, -0.05) is 0 Å². The van der Waals surface area contributed by atoms with E-state index in [0.29, 0.717) is 16.3 Å².